The number of benzene rings is 1. The van der Waals surface area contributed by atoms with Gasteiger partial charge < -0.3 is 15.4 Å². The van der Waals surface area contributed by atoms with Gasteiger partial charge in [0.15, 0.2) is 0 Å². The molecule has 1 aromatic rings. The van der Waals surface area contributed by atoms with Crippen LogP contribution in [0, 0.1) is 5.92 Å². The standard InChI is InChI=1S/C16H26N2O2.ClH/c1-13(12-17-3)16(19)18-10-7-11-20-14(2)15-8-5-4-6-9-15;/h4-6,8-9,13-14,17H,7,10-12H2,1-3H3,(H,18,19);1H. The third-order valence-electron chi connectivity index (χ3n) is 3.22. The van der Waals surface area contributed by atoms with E-state index >= 15 is 0 Å². The lowest BCUT2D eigenvalue weighted by atomic mass is 10.1. The maximum atomic E-state index is 11.7. The molecule has 4 nitrogen and oxygen atoms in total. The molecule has 0 bridgehead atoms. The molecular weight excluding hydrogens is 288 g/mol. The Morgan fingerprint density at radius 3 is 2.52 bits per heavy atom. The van der Waals surface area contributed by atoms with Gasteiger partial charge in [-0.1, -0.05) is 37.3 Å². The van der Waals surface area contributed by atoms with E-state index in [1.807, 2.05) is 39.1 Å². The number of rotatable bonds is 9. The molecule has 1 aromatic carbocycles. The monoisotopic (exact) mass is 314 g/mol. The number of hydrogen-bond donors (Lipinski definition) is 2. The molecule has 0 radical (unpaired) electrons. The lowest BCUT2D eigenvalue weighted by molar-refractivity contribution is -0.124. The Balaban J connectivity index is 0.00000400. The number of ether oxygens (including phenoxy) is 1. The van der Waals surface area contributed by atoms with E-state index in [0.717, 1.165) is 6.42 Å². The van der Waals surface area contributed by atoms with Crippen molar-refractivity contribution in [3.8, 4) is 0 Å². The first kappa shape index (κ1) is 19.9. The topological polar surface area (TPSA) is 50.4 Å². The third kappa shape index (κ3) is 8.05. The van der Waals surface area contributed by atoms with Gasteiger partial charge in [0.2, 0.25) is 5.91 Å². The van der Waals surface area contributed by atoms with Gasteiger partial charge in [-0.2, -0.15) is 0 Å². The van der Waals surface area contributed by atoms with Crippen LogP contribution in [0.3, 0.4) is 0 Å². The van der Waals surface area contributed by atoms with Crippen LogP contribution in [-0.4, -0.2) is 32.7 Å². The van der Waals surface area contributed by atoms with Crippen LogP contribution in [0.1, 0.15) is 31.9 Å². The summed E-state index contributed by atoms with van der Waals surface area (Å²) in [4.78, 5) is 11.7. The maximum Gasteiger partial charge on any atom is 0.224 e. The number of nitrogens with one attached hydrogen (secondary N) is 2. The molecule has 0 aromatic heterocycles. The van der Waals surface area contributed by atoms with Crippen LogP contribution in [0.25, 0.3) is 0 Å². The first-order valence-electron chi connectivity index (χ1n) is 7.24. The van der Waals surface area contributed by atoms with Gasteiger partial charge >= 0.3 is 0 Å². The largest absolute Gasteiger partial charge is 0.374 e. The smallest absolute Gasteiger partial charge is 0.224 e. The minimum atomic E-state index is 0. The first-order valence-corrected chi connectivity index (χ1v) is 7.24. The highest BCUT2D eigenvalue weighted by atomic mass is 35.5. The Morgan fingerprint density at radius 2 is 1.90 bits per heavy atom. The summed E-state index contributed by atoms with van der Waals surface area (Å²) in [5, 5.41) is 5.92. The highest BCUT2D eigenvalue weighted by Crippen LogP contribution is 2.15. The number of amides is 1. The van der Waals surface area contributed by atoms with Crippen LogP contribution in [-0.2, 0) is 9.53 Å². The highest BCUT2D eigenvalue weighted by Gasteiger charge is 2.10. The lowest BCUT2D eigenvalue weighted by Gasteiger charge is -2.14. The second-order valence-electron chi connectivity index (χ2n) is 5.03. The van der Waals surface area contributed by atoms with E-state index in [-0.39, 0.29) is 30.3 Å². The van der Waals surface area contributed by atoms with Gasteiger partial charge in [-0.3, -0.25) is 4.79 Å². The molecule has 21 heavy (non-hydrogen) atoms. The van der Waals surface area contributed by atoms with E-state index in [4.69, 9.17) is 4.74 Å². The Hall–Kier alpha value is -1.10. The van der Waals surface area contributed by atoms with E-state index in [2.05, 4.69) is 22.8 Å². The molecule has 0 aliphatic heterocycles. The van der Waals surface area contributed by atoms with Gasteiger partial charge in [-0.15, -0.1) is 12.4 Å². The Morgan fingerprint density at radius 1 is 1.24 bits per heavy atom. The molecule has 0 heterocycles. The molecule has 2 atom stereocenters. The predicted molar refractivity (Wildman–Crippen MR) is 88.8 cm³/mol. The molecule has 1 amide bonds. The predicted octanol–water partition coefficient (Wildman–Crippen LogP) is 2.55. The molecule has 2 N–H and O–H groups in total. The minimum absolute atomic E-state index is 0. The fourth-order valence-corrected chi connectivity index (χ4v) is 1.94. The van der Waals surface area contributed by atoms with Crippen molar-refractivity contribution in [2.24, 2.45) is 5.92 Å². The van der Waals surface area contributed by atoms with Crippen molar-refractivity contribution in [1.29, 1.82) is 0 Å². The summed E-state index contributed by atoms with van der Waals surface area (Å²) < 4.78 is 5.75. The van der Waals surface area contributed by atoms with Gasteiger partial charge in [0.05, 0.1) is 6.10 Å². The number of carbonyl (C=O) groups excluding carboxylic acids is 1. The van der Waals surface area contributed by atoms with Crippen LogP contribution in [0.2, 0.25) is 0 Å². The van der Waals surface area contributed by atoms with E-state index in [1.165, 1.54) is 5.56 Å². The number of carbonyl (C=O) groups is 1. The summed E-state index contributed by atoms with van der Waals surface area (Å²) in [5.41, 5.74) is 1.18. The summed E-state index contributed by atoms with van der Waals surface area (Å²) in [6.45, 7) is 5.97. The van der Waals surface area contributed by atoms with Gasteiger partial charge in [0.1, 0.15) is 0 Å². The summed E-state index contributed by atoms with van der Waals surface area (Å²) in [5.74, 6) is 0.0969. The van der Waals surface area contributed by atoms with Crippen molar-refractivity contribution in [1.82, 2.24) is 10.6 Å². The molecule has 2 unspecified atom stereocenters. The van der Waals surface area contributed by atoms with Crippen LogP contribution in [0.15, 0.2) is 30.3 Å². The zero-order chi connectivity index (χ0) is 14.8. The molecule has 0 spiro atoms. The van der Waals surface area contributed by atoms with Crippen LogP contribution in [0.4, 0.5) is 0 Å². The second kappa shape index (κ2) is 11.5. The lowest BCUT2D eigenvalue weighted by Crippen LogP contribution is -2.35. The van der Waals surface area contributed by atoms with Crippen LogP contribution >= 0.6 is 12.4 Å². The van der Waals surface area contributed by atoms with Crippen LogP contribution < -0.4 is 10.6 Å². The molecule has 0 saturated heterocycles. The van der Waals surface area contributed by atoms with Crippen molar-refractivity contribution in [2.75, 3.05) is 26.7 Å². The molecule has 0 aliphatic carbocycles. The van der Waals surface area contributed by atoms with Crippen molar-refractivity contribution in [3.63, 3.8) is 0 Å². The summed E-state index contributed by atoms with van der Waals surface area (Å²) in [6, 6.07) is 10.1. The van der Waals surface area contributed by atoms with E-state index in [1.54, 1.807) is 0 Å². The number of halogens is 1. The fourth-order valence-electron chi connectivity index (χ4n) is 1.94. The first-order chi connectivity index (χ1) is 9.65. The van der Waals surface area contributed by atoms with Gasteiger partial charge in [-0.05, 0) is 26.0 Å². The quantitative estimate of drug-likeness (QED) is 0.689. The van der Waals surface area contributed by atoms with Crippen LogP contribution in [0.5, 0.6) is 0 Å². The van der Waals surface area contributed by atoms with E-state index < -0.39 is 0 Å². The average molecular weight is 315 g/mol. The molecule has 0 fully saturated rings. The Labute approximate surface area is 134 Å². The second-order valence-corrected chi connectivity index (χ2v) is 5.03. The zero-order valence-electron chi connectivity index (χ0n) is 13.1. The summed E-state index contributed by atoms with van der Waals surface area (Å²) >= 11 is 0. The third-order valence-corrected chi connectivity index (χ3v) is 3.22. The normalized spacial score (nSPS) is 13.1. The highest BCUT2D eigenvalue weighted by molar-refractivity contribution is 5.85. The average Bonchev–Trinajstić information content (AvgIpc) is 2.47. The van der Waals surface area contributed by atoms with Crippen molar-refractivity contribution in [2.45, 2.75) is 26.4 Å². The van der Waals surface area contributed by atoms with E-state index in [0.29, 0.717) is 19.7 Å². The molecule has 5 heteroatoms. The summed E-state index contributed by atoms with van der Waals surface area (Å²) in [7, 11) is 1.85. The molecule has 1 rings (SSSR count). The fraction of sp³-hybridized carbons (Fsp3) is 0.562. The van der Waals surface area contributed by atoms with Crippen molar-refractivity contribution in [3.05, 3.63) is 35.9 Å². The Bertz CT molecular complexity index is 387. The van der Waals surface area contributed by atoms with Gasteiger partial charge in [-0.25, -0.2) is 0 Å². The van der Waals surface area contributed by atoms with Crippen molar-refractivity contribution < 1.29 is 9.53 Å². The van der Waals surface area contributed by atoms with Crippen molar-refractivity contribution >= 4 is 18.3 Å². The maximum absolute atomic E-state index is 11.7. The SMILES string of the molecule is CNCC(C)C(=O)NCCCOC(C)c1ccccc1.Cl. The molecule has 120 valence electrons. The zero-order valence-corrected chi connectivity index (χ0v) is 13.9. The summed E-state index contributed by atoms with van der Waals surface area (Å²) in [6.07, 6.45) is 0.921. The molecule has 0 saturated carbocycles. The van der Waals surface area contributed by atoms with Gasteiger partial charge in [0.25, 0.3) is 0 Å². The minimum Gasteiger partial charge on any atom is -0.374 e. The van der Waals surface area contributed by atoms with E-state index in [9.17, 15) is 4.79 Å². The molecular formula is C16H27ClN2O2. The Kier molecular flexibility index (Phi) is 10.9. The number of hydrogen-bond acceptors (Lipinski definition) is 3. The van der Waals surface area contributed by atoms with Gasteiger partial charge in [0, 0.05) is 25.6 Å². The molecule has 0 aliphatic rings.